The van der Waals surface area contributed by atoms with Crippen molar-refractivity contribution in [1.82, 2.24) is 9.80 Å². The summed E-state index contributed by atoms with van der Waals surface area (Å²) in [6.45, 7) is 5.43. The van der Waals surface area contributed by atoms with Gasteiger partial charge in [-0.25, -0.2) is 0 Å². The molecule has 98 valence electrons. The van der Waals surface area contributed by atoms with Crippen molar-refractivity contribution < 1.29 is 9.53 Å². The minimum absolute atomic E-state index is 0.304. The molecule has 2 fully saturated rings. The Kier molecular flexibility index (Phi) is 4.36. The minimum Gasteiger partial charge on any atom is -0.468 e. The molecule has 0 radical (unpaired) electrons. The third-order valence-corrected chi connectivity index (χ3v) is 3.73. The Morgan fingerprint density at radius 2 is 2.00 bits per heavy atom. The molecule has 1 unspecified atom stereocenters. The van der Waals surface area contributed by atoms with E-state index in [9.17, 15) is 4.79 Å². The molecule has 1 aliphatic heterocycles. The van der Waals surface area contributed by atoms with E-state index >= 15 is 0 Å². The van der Waals surface area contributed by atoms with Gasteiger partial charge in [0, 0.05) is 38.8 Å². The third-order valence-electron chi connectivity index (χ3n) is 3.73. The lowest BCUT2D eigenvalue weighted by atomic mass is 10.2. The molecule has 17 heavy (non-hydrogen) atoms. The van der Waals surface area contributed by atoms with Gasteiger partial charge in [-0.15, -0.1) is 0 Å². The molecule has 5 heteroatoms. The van der Waals surface area contributed by atoms with Crippen LogP contribution in [0.15, 0.2) is 0 Å². The molecule has 1 saturated carbocycles. The highest BCUT2D eigenvalue weighted by atomic mass is 16.5. The fourth-order valence-electron chi connectivity index (χ4n) is 2.38. The van der Waals surface area contributed by atoms with Crippen LogP contribution in [0.4, 0.5) is 0 Å². The Labute approximate surface area is 103 Å². The number of piperazine rings is 1. The van der Waals surface area contributed by atoms with Crippen LogP contribution in [-0.2, 0) is 9.53 Å². The van der Waals surface area contributed by atoms with Gasteiger partial charge in [0.1, 0.15) is 6.04 Å². The molecule has 1 heterocycles. The topological polar surface area (TPSA) is 58.8 Å². The molecule has 5 nitrogen and oxygen atoms in total. The quantitative estimate of drug-likeness (QED) is 0.667. The van der Waals surface area contributed by atoms with Crippen LogP contribution in [0.25, 0.3) is 0 Å². The average molecular weight is 241 g/mol. The number of hydrogen-bond acceptors (Lipinski definition) is 5. The molecule has 0 amide bonds. The van der Waals surface area contributed by atoms with Gasteiger partial charge < -0.3 is 15.4 Å². The highest BCUT2D eigenvalue weighted by Gasteiger charge is 2.31. The van der Waals surface area contributed by atoms with Gasteiger partial charge in [-0.3, -0.25) is 9.69 Å². The number of carbonyl (C=O) groups excluding carboxylic acids is 1. The van der Waals surface area contributed by atoms with Crippen molar-refractivity contribution in [3.63, 3.8) is 0 Å². The van der Waals surface area contributed by atoms with Gasteiger partial charge >= 0.3 is 5.97 Å². The number of nitrogens with two attached hydrogens (primary N) is 1. The number of hydrogen-bond donors (Lipinski definition) is 1. The molecule has 2 aliphatic rings. The van der Waals surface area contributed by atoms with Crippen LogP contribution in [0.5, 0.6) is 0 Å². The molecular formula is C12H23N3O2. The van der Waals surface area contributed by atoms with Crippen molar-refractivity contribution in [2.45, 2.75) is 31.3 Å². The Morgan fingerprint density at radius 1 is 1.35 bits per heavy atom. The molecule has 0 aromatic rings. The van der Waals surface area contributed by atoms with Crippen LogP contribution in [0.3, 0.4) is 0 Å². The normalized spacial score (nSPS) is 24.6. The smallest absolute Gasteiger partial charge is 0.322 e. The fourth-order valence-corrected chi connectivity index (χ4v) is 2.38. The zero-order valence-electron chi connectivity index (χ0n) is 10.6. The summed E-state index contributed by atoms with van der Waals surface area (Å²) in [5.74, 6) is -0.304. The summed E-state index contributed by atoms with van der Waals surface area (Å²) in [5.41, 5.74) is 5.72. The first kappa shape index (κ1) is 12.8. The lowest BCUT2D eigenvalue weighted by Gasteiger charge is -2.35. The molecule has 2 N–H and O–H groups in total. The van der Waals surface area contributed by atoms with E-state index < -0.39 is 6.04 Å². The molecule has 1 atom stereocenters. The Balaban J connectivity index is 1.62. The van der Waals surface area contributed by atoms with E-state index in [4.69, 9.17) is 5.73 Å². The van der Waals surface area contributed by atoms with Crippen LogP contribution in [0.1, 0.15) is 19.3 Å². The van der Waals surface area contributed by atoms with Crippen molar-refractivity contribution in [1.29, 1.82) is 0 Å². The summed E-state index contributed by atoms with van der Waals surface area (Å²) >= 11 is 0. The maximum Gasteiger partial charge on any atom is 0.322 e. The lowest BCUT2D eigenvalue weighted by Crippen LogP contribution is -2.48. The van der Waals surface area contributed by atoms with E-state index in [-0.39, 0.29) is 5.97 Å². The van der Waals surface area contributed by atoms with Gasteiger partial charge in [0.25, 0.3) is 0 Å². The highest BCUT2D eigenvalue weighted by Crippen LogP contribution is 2.27. The predicted octanol–water partition coefficient (Wildman–Crippen LogP) is -0.343. The van der Waals surface area contributed by atoms with Crippen LogP contribution < -0.4 is 5.73 Å². The second-order valence-corrected chi connectivity index (χ2v) is 5.03. The van der Waals surface area contributed by atoms with Crippen LogP contribution in [-0.4, -0.2) is 67.7 Å². The summed E-state index contributed by atoms with van der Waals surface area (Å²) in [4.78, 5) is 16.1. The maximum absolute atomic E-state index is 11.2. The third kappa shape index (κ3) is 3.66. The summed E-state index contributed by atoms with van der Waals surface area (Å²) in [5, 5.41) is 0. The molecule has 1 aliphatic carbocycles. The van der Waals surface area contributed by atoms with E-state index in [0.29, 0.717) is 6.42 Å². The number of carbonyl (C=O) groups is 1. The predicted molar refractivity (Wildman–Crippen MR) is 65.6 cm³/mol. The molecule has 0 spiro atoms. The van der Waals surface area contributed by atoms with Crippen LogP contribution in [0.2, 0.25) is 0 Å². The standard InChI is InChI=1S/C12H23N3O2/c1-17-12(16)11(13)4-5-14-6-8-15(9-7-14)10-2-3-10/h10-11H,2-9,13H2,1H3. The van der Waals surface area contributed by atoms with E-state index in [1.165, 1.54) is 20.0 Å². The second kappa shape index (κ2) is 5.80. The lowest BCUT2D eigenvalue weighted by molar-refractivity contribution is -0.142. The molecule has 0 bridgehead atoms. The zero-order chi connectivity index (χ0) is 12.3. The minimum atomic E-state index is -0.471. The van der Waals surface area contributed by atoms with Crippen molar-refractivity contribution in [2.75, 3.05) is 39.8 Å². The summed E-state index contributed by atoms with van der Waals surface area (Å²) in [6, 6.07) is 0.399. The summed E-state index contributed by atoms with van der Waals surface area (Å²) in [6.07, 6.45) is 3.45. The van der Waals surface area contributed by atoms with Crippen molar-refractivity contribution in [3.8, 4) is 0 Å². The first-order valence-corrected chi connectivity index (χ1v) is 6.50. The summed E-state index contributed by atoms with van der Waals surface area (Å²) in [7, 11) is 1.39. The Hall–Kier alpha value is -0.650. The fraction of sp³-hybridized carbons (Fsp3) is 0.917. The number of methoxy groups -OCH3 is 1. The first-order chi connectivity index (χ1) is 8.20. The first-order valence-electron chi connectivity index (χ1n) is 6.50. The Bertz CT molecular complexity index is 260. The van der Waals surface area contributed by atoms with Crippen molar-refractivity contribution in [2.24, 2.45) is 5.73 Å². The van der Waals surface area contributed by atoms with Gasteiger partial charge in [-0.05, 0) is 19.3 Å². The number of rotatable bonds is 5. The van der Waals surface area contributed by atoms with E-state index in [2.05, 4.69) is 14.5 Å². The monoisotopic (exact) mass is 241 g/mol. The second-order valence-electron chi connectivity index (χ2n) is 5.03. The van der Waals surface area contributed by atoms with Crippen molar-refractivity contribution in [3.05, 3.63) is 0 Å². The van der Waals surface area contributed by atoms with Crippen molar-refractivity contribution >= 4 is 5.97 Å². The average Bonchev–Trinajstić information content (AvgIpc) is 3.20. The number of esters is 1. The van der Waals surface area contributed by atoms with Crippen LogP contribution >= 0.6 is 0 Å². The highest BCUT2D eigenvalue weighted by molar-refractivity contribution is 5.75. The van der Waals surface area contributed by atoms with Crippen LogP contribution in [0, 0.1) is 0 Å². The van der Waals surface area contributed by atoms with Gasteiger partial charge in [0.15, 0.2) is 0 Å². The number of ether oxygens (including phenoxy) is 1. The number of nitrogens with zero attached hydrogens (tertiary/aromatic N) is 2. The Morgan fingerprint density at radius 3 is 2.53 bits per heavy atom. The van der Waals surface area contributed by atoms with E-state index in [1.807, 2.05) is 0 Å². The molecular weight excluding hydrogens is 218 g/mol. The van der Waals surface area contributed by atoms with Gasteiger partial charge in [-0.1, -0.05) is 0 Å². The maximum atomic E-state index is 11.2. The molecule has 1 saturated heterocycles. The van der Waals surface area contributed by atoms with E-state index in [1.54, 1.807) is 0 Å². The zero-order valence-corrected chi connectivity index (χ0v) is 10.6. The van der Waals surface area contributed by atoms with Gasteiger partial charge in [0.2, 0.25) is 0 Å². The largest absolute Gasteiger partial charge is 0.468 e. The molecule has 0 aromatic heterocycles. The summed E-state index contributed by atoms with van der Waals surface area (Å²) < 4.78 is 4.62. The SMILES string of the molecule is COC(=O)C(N)CCN1CCN(C2CC2)CC1. The molecule has 2 rings (SSSR count). The van der Waals surface area contributed by atoms with Gasteiger partial charge in [-0.2, -0.15) is 0 Å². The van der Waals surface area contributed by atoms with Gasteiger partial charge in [0.05, 0.1) is 7.11 Å². The molecule has 0 aromatic carbocycles. The van der Waals surface area contributed by atoms with E-state index in [0.717, 1.165) is 38.8 Å².